The van der Waals surface area contributed by atoms with Crippen LogP contribution in [0.1, 0.15) is 25.8 Å². The number of rotatable bonds is 7. The molecule has 0 heterocycles. The normalized spacial score (nSPS) is 13.4. The number of hydrogen-bond acceptors (Lipinski definition) is 4. The van der Waals surface area contributed by atoms with E-state index in [2.05, 4.69) is 0 Å². The van der Waals surface area contributed by atoms with Gasteiger partial charge in [0.2, 0.25) is 5.91 Å². The van der Waals surface area contributed by atoms with Crippen LogP contribution >= 0.6 is 0 Å². The first-order chi connectivity index (χ1) is 9.96. The highest BCUT2D eigenvalue weighted by molar-refractivity contribution is 5.81. The highest BCUT2D eigenvalue weighted by Gasteiger charge is 2.23. The predicted molar refractivity (Wildman–Crippen MR) is 83.5 cm³/mol. The summed E-state index contributed by atoms with van der Waals surface area (Å²) in [6.45, 7) is 4.45. The summed E-state index contributed by atoms with van der Waals surface area (Å²) < 4.78 is 10.7. The van der Waals surface area contributed by atoms with Crippen molar-refractivity contribution in [1.82, 2.24) is 4.90 Å². The van der Waals surface area contributed by atoms with Crippen LogP contribution in [0.15, 0.2) is 18.2 Å². The second-order valence-electron chi connectivity index (χ2n) is 5.26. The number of likely N-dealkylation sites (N-methyl/N-ethyl adjacent to an activating group) is 1. The van der Waals surface area contributed by atoms with Gasteiger partial charge in [-0.2, -0.15) is 0 Å². The van der Waals surface area contributed by atoms with Crippen LogP contribution in [0.3, 0.4) is 0 Å². The Morgan fingerprint density at radius 1 is 1.33 bits per heavy atom. The lowest BCUT2D eigenvalue weighted by molar-refractivity contribution is -0.133. The van der Waals surface area contributed by atoms with Crippen LogP contribution in [0, 0.1) is 5.92 Å². The number of carbonyl (C=O) groups is 1. The van der Waals surface area contributed by atoms with E-state index >= 15 is 0 Å². The number of nitrogens with zero attached hydrogens (tertiary/aromatic N) is 1. The standard InChI is InChI=1S/C16H26N2O3/c1-6-11(2)14(17)16(19)18(3)10-12-8-7-9-13(20-4)15(12)21-5/h7-9,11,14H,6,10,17H2,1-5H3. The van der Waals surface area contributed by atoms with Crippen molar-refractivity contribution in [3.05, 3.63) is 23.8 Å². The Morgan fingerprint density at radius 3 is 2.52 bits per heavy atom. The summed E-state index contributed by atoms with van der Waals surface area (Å²) in [5, 5.41) is 0. The Bertz CT molecular complexity index is 477. The lowest BCUT2D eigenvalue weighted by Crippen LogP contribution is -2.45. The molecule has 1 amide bonds. The average Bonchev–Trinajstić information content (AvgIpc) is 2.51. The van der Waals surface area contributed by atoms with Gasteiger partial charge in [-0.1, -0.05) is 32.4 Å². The van der Waals surface area contributed by atoms with Crippen molar-refractivity contribution in [2.75, 3.05) is 21.3 Å². The summed E-state index contributed by atoms with van der Waals surface area (Å²) in [5.41, 5.74) is 6.90. The van der Waals surface area contributed by atoms with E-state index in [4.69, 9.17) is 15.2 Å². The number of para-hydroxylation sites is 1. The minimum Gasteiger partial charge on any atom is -0.493 e. The van der Waals surface area contributed by atoms with Crippen LogP contribution in [0.2, 0.25) is 0 Å². The third kappa shape index (κ3) is 4.11. The van der Waals surface area contributed by atoms with Crippen LogP contribution in [0.25, 0.3) is 0 Å². The van der Waals surface area contributed by atoms with E-state index in [0.29, 0.717) is 18.0 Å². The summed E-state index contributed by atoms with van der Waals surface area (Å²) in [5.74, 6) is 1.40. The molecule has 1 aromatic rings. The van der Waals surface area contributed by atoms with E-state index in [0.717, 1.165) is 12.0 Å². The van der Waals surface area contributed by atoms with Crippen molar-refractivity contribution in [1.29, 1.82) is 0 Å². The van der Waals surface area contributed by atoms with Crippen molar-refractivity contribution < 1.29 is 14.3 Å². The molecular formula is C16H26N2O3. The van der Waals surface area contributed by atoms with E-state index in [1.165, 1.54) is 0 Å². The van der Waals surface area contributed by atoms with E-state index < -0.39 is 6.04 Å². The minimum atomic E-state index is -0.475. The third-order valence-electron chi connectivity index (χ3n) is 3.81. The molecule has 0 saturated carbocycles. The van der Waals surface area contributed by atoms with Crippen LogP contribution in [0.5, 0.6) is 11.5 Å². The first-order valence-electron chi connectivity index (χ1n) is 7.16. The number of carbonyl (C=O) groups excluding carboxylic acids is 1. The Morgan fingerprint density at radius 2 is 2.00 bits per heavy atom. The molecule has 0 aromatic heterocycles. The van der Waals surface area contributed by atoms with Gasteiger partial charge in [-0.25, -0.2) is 0 Å². The van der Waals surface area contributed by atoms with Crippen LogP contribution in [-0.2, 0) is 11.3 Å². The SMILES string of the molecule is CCC(C)C(N)C(=O)N(C)Cc1cccc(OC)c1OC. The molecule has 0 spiro atoms. The fourth-order valence-electron chi connectivity index (χ4n) is 2.16. The second kappa shape index (κ2) is 7.88. The van der Waals surface area contributed by atoms with Gasteiger partial charge in [0, 0.05) is 19.2 Å². The number of methoxy groups -OCH3 is 2. The first-order valence-corrected chi connectivity index (χ1v) is 7.16. The van der Waals surface area contributed by atoms with Crippen molar-refractivity contribution in [3.63, 3.8) is 0 Å². The molecule has 2 unspecified atom stereocenters. The van der Waals surface area contributed by atoms with Crippen molar-refractivity contribution in [2.24, 2.45) is 11.7 Å². The van der Waals surface area contributed by atoms with Gasteiger partial charge in [0.05, 0.1) is 20.3 Å². The molecule has 21 heavy (non-hydrogen) atoms. The van der Waals surface area contributed by atoms with Gasteiger partial charge >= 0.3 is 0 Å². The largest absolute Gasteiger partial charge is 0.493 e. The van der Waals surface area contributed by atoms with Gasteiger partial charge < -0.3 is 20.1 Å². The average molecular weight is 294 g/mol. The molecule has 0 radical (unpaired) electrons. The maximum atomic E-state index is 12.3. The van der Waals surface area contributed by atoms with Gasteiger partial charge in [0.1, 0.15) is 0 Å². The Balaban J connectivity index is 2.88. The van der Waals surface area contributed by atoms with Crippen LogP contribution < -0.4 is 15.2 Å². The molecule has 5 nitrogen and oxygen atoms in total. The summed E-state index contributed by atoms with van der Waals surface area (Å²) in [6, 6.07) is 5.15. The van der Waals surface area contributed by atoms with Gasteiger partial charge in [-0.3, -0.25) is 4.79 Å². The van der Waals surface area contributed by atoms with Gasteiger partial charge in [-0.15, -0.1) is 0 Å². The van der Waals surface area contributed by atoms with E-state index in [-0.39, 0.29) is 11.8 Å². The number of amides is 1. The molecule has 0 fully saturated rings. The Hall–Kier alpha value is -1.75. The van der Waals surface area contributed by atoms with Crippen LogP contribution in [-0.4, -0.2) is 38.1 Å². The highest BCUT2D eigenvalue weighted by Crippen LogP contribution is 2.31. The second-order valence-corrected chi connectivity index (χ2v) is 5.26. The van der Waals surface area contributed by atoms with E-state index in [1.54, 1.807) is 26.2 Å². The lowest BCUT2D eigenvalue weighted by Gasteiger charge is -2.25. The molecule has 0 aliphatic carbocycles. The number of benzene rings is 1. The zero-order chi connectivity index (χ0) is 16.0. The quantitative estimate of drug-likeness (QED) is 0.836. The molecule has 1 aromatic carbocycles. The Kier molecular flexibility index (Phi) is 6.49. The zero-order valence-corrected chi connectivity index (χ0v) is 13.6. The predicted octanol–water partition coefficient (Wildman–Crippen LogP) is 2.04. The maximum absolute atomic E-state index is 12.3. The lowest BCUT2D eigenvalue weighted by atomic mass is 9.99. The summed E-state index contributed by atoms with van der Waals surface area (Å²) in [7, 11) is 4.94. The number of hydrogen-bond donors (Lipinski definition) is 1. The fraction of sp³-hybridized carbons (Fsp3) is 0.562. The smallest absolute Gasteiger partial charge is 0.239 e. The summed E-state index contributed by atoms with van der Waals surface area (Å²) >= 11 is 0. The van der Waals surface area contributed by atoms with Crippen molar-refractivity contribution >= 4 is 5.91 Å². The van der Waals surface area contributed by atoms with Crippen molar-refractivity contribution in [3.8, 4) is 11.5 Å². The first kappa shape index (κ1) is 17.3. The van der Waals surface area contributed by atoms with Crippen molar-refractivity contribution in [2.45, 2.75) is 32.9 Å². The van der Waals surface area contributed by atoms with E-state index in [9.17, 15) is 4.79 Å². The van der Waals surface area contributed by atoms with E-state index in [1.807, 2.05) is 32.0 Å². The molecule has 5 heteroatoms. The van der Waals surface area contributed by atoms with Gasteiger partial charge in [0.15, 0.2) is 11.5 Å². The van der Waals surface area contributed by atoms with Gasteiger partial charge in [-0.05, 0) is 12.0 Å². The monoisotopic (exact) mass is 294 g/mol. The minimum absolute atomic E-state index is 0.0609. The van der Waals surface area contributed by atoms with Gasteiger partial charge in [0.25, 0.3) is 0 Å². The summed E-state index contributed by atoms with van der Waals surface area (Å²) in [4.78, 5) is 14.0. The number of nitrogens with two attached hydrogens (primary N) is 1. The number of ether oxygens (including phenoxy) is 2. The third-order valence-corrected chi connectivity index (χ3v) is 3.81. The topological polar surface area (TPSA) is 64.8 Å². The highest BCUT2D eigenvalue weighted by atomic mass is 16.5. The molecule has 1 rings (SSSR count). The molecule has 118 valence electrons. The molecule has 0 aliphatic rings. The maximum Gasteiger partial charge on any atom is 0.239 e. The van der Waals surface area contributed by atoms with Crippen LogP contribution in [0.4, 0.5) is 0 Å². The molecule has 0 bridgehead atoms. The summed E-state index contributed by atoms with van der Waals surface area (Å²) in [6.07, 6.45) is 0.878. The zero-order valence-electron chi connectivity index (χ0n) is 13.6. The molecule has 2 atom stereocenters. The molecule has 2 N–H and O–H groups in total. The molecular weight excluding hydrogens is 268 g/mol. The Labute approximate surface area is 127 Å². The molecule has 0 saturated heterocycles. The fourth-order valence-corrected chi connectivity index (χ4v) is 2.16. The molecule has 0 aliphatic heterocycles.